The molecule has 0 saturated carbocycles. The standard InChI is InChI=1S/C25H27FN4O4/c26-20-5-4-16(14-29-8-10-34-11-9-29)12-17(20)13-27-21-3-1-2-18-19(21)15-30(25(18)33)22-6-7-23(31)28-24(22)32/h1-5,12,22,27H,6-11,13-15H2,(H,28,31,32)/i4D,5D,6D2,7D2,12D,22D. The number of carbonyl (C=O) groups excluding carboxylic acids is 3. The van der Waals surface area contributed by atoms with E-state index in [4.69, 9.17) is 15.7 Å². The number of nitrogens with one attached hydrogen (secondary N) is 2. The number of carbonyl (C=O) groups is 3. The van der Waals surface area contributed by atoms with Crippen LogP contribution in [-0.2, 0) is 34.0 Å². The molecule has 2 aromatic carbocycles. The number of piperidine rings is 1. The predicted molar refractivity (Wildman–Crippen MR) is 122 cm³/mol. The Bertz CT molecular complexity index is 1500. The monoisotopic (exact) mass is 474 g/mol. The van der Waals surface area contributed by atoms with Crippen molar-refractivity contribution in [2.45, 2.75) is 38.4 Å². The van der Waals surface area contributed by atoms with Crippen LogP contribution < -0.4 is 10.6 Å². The number of rotatable bonds is 6. The summed E-state index contributed by atoms with van der Waals surface area (Å²) in [5, 5.41) is 4.59. The van der Waals surface area contributed by atoms with Gasteiger partial charge >= 0.3 is 0 Å². The Labute approximate surface area is 208 Å². The lowest BCUT2D eigenvalue weighted by Gasteiger charge is -2.29. The predicted octanol–water partition coefficient (Wildman–Crippen LogP) is 2.03. The molecule has 3 heterocycles. The van der Waals surface area contributed by atoms with Crippen molar-refractivity contribution >= 4 is 23.4 Å². The van der Waals surface area contributed by atoms with E-state index in [2.05, 4.69) is 5.32 Å². The normalized spacial score (nSPS) is 29.4. The number of morpholine rings is 1. The molecule has 2 saturated heterocycles. The van der Waals surface area contributed by atoms with E-state index >= 15 is 4.39 Å². The summed E-state index contributed by atoms with van der Waals surface area (Å²) in [6, 6.07) is -0.0808. The number of benzene rings is 2. The summed E-state index contributed by atoms with van der Waals surface area (Å²) in [6.07, 6.45) is -6.73. The third kappa shape index (κ3) is 4.53. The summed E-state index contributed by atoms with van der Waals surface area (Å²) >= 11 is 0. The fourth-order valence-corrected chi connectivity index (χ4v) is 4.08. The lowest BCUT2D eigenvalue weighted by molar-refractivity contribution is -0.136. The second-order valence-electron chi connectivity index (χ2n) is 7.99. The molecule has 1 atom stereocenters. The molecule has 0 radical (unpaired) electrons. The van der Waals surface area contributed by atoms with Crippen molar-refractivity contribution in [1.29, 1.82) is 0 Å². The molecule has 178 valence electrons. The number of nitrogens with zero attached hydrogens (tertiary/aromatic N) is 2. The van der Waals surface area contributed by atoms with Crippen LogP contribution in [0, 0.1) is 5.82 Å². The molecule has 0 aromatic heterocycles. The Morgan fingerprint density at radius 3 is 2.91 bits per heavy atom. The maximum absolute atomic E-state index is 15.2. The topological polar surface area (TPSA) is 91.0 Å². The van der Waals surface area contributed by atoms with Crippen molar-refractivity contribution in [3.63, 3.8) is 0 Å². The molecule has 2 aromatic rings. The van der Waals surface area contributed by atoms with E-state index in [9.17, 15) is 14.4 Å². The maximum Gasteiger partial charge on any atom is 0.255 e. The van der Waals surface area contributed by atoms with Crippen LogP contribution in [0.3, 0.4) is 0 Å². The van der Waals surface area contributed by atoms with Crippen LogP contribution >= 0.6 is 0 Å². The summed E-state index contributed by atoms with van der Waals surface area (Å²) in [6.45, 7) is 1.40. The first-order valence-electron chi connectivity index (χ1n) is 14.7. The smallest absolute Gasteiger partial charge is 0.255 e. The average molecular weight is 475 g/mol. The summed E-state index contributed by atoms with van der Waals surface area (Å²) in [5.41, 5.74) is 0.432. The van der Waals surface area contributed by atoms with Gasteiger partial charge in [-0.3, -0.25) is 24.6 Å². The molecule has 3 aliphatic rings. The quantitative estimate of drug-likeness (QED) is 0.623. The number of fused-ring (bicyclic) bond motifs is 1. The van der Waals surface area contributed by atoms with E-state index in [-0.39, 0.29) is 53.1 Å². The minimum atomic E-state index is -3.42. The average Bonchev–Trinajstić information content (AvgIpc) is 3.30. The molecule has 0 spiro atoms. The van der Waals surface area contributed by atoms with Crippen LogP contribution in [0.15, 0.2) is 36.3 Å². The lowest BCUT2D eigenvalue weighted by Crippen LogP contribution is -2.52. The number of imide groups is 1. The Kier molecular flexibility index (Phi) is 4.16. The van der Waals surface area contributed by atoms with E-state index < -0.39 is 54.9 Å². The van der Waals surface area contributed by atoms with Gasteiger partial charge in [0.05, 0.1) is 18.7 Å². The van der Waals surface area contributed by atoms with Gasteiger partial charge in [-0.25, -0.2) is 4.39 Å². The van der Waals surface area contributed by atoms with Crippen molar-refractivity contribution < 1.29 is 34.5 Å². The van der Waals surface area contributed by atoms with Crippen LogP contribution in [-0.4, -0.2) is 59.8 Å². The van der Waals surface area contributed by atoms with E-state index in [0.29, 0.717) is 31.2 Å². The van der Waals surface area contributed by atoms with Gasteiger partial charge in [0.25, 0.3) is 5.91 Å². The van der Waals surface area contributed by atoms with Gasteiger partial charge in [0.15, 0.2) is 0 Å². The fourth-order valence-electron chi connectivity index (χ4n) is 4.08. The van der Waals surface area contributed by atoms with Gasteiger partial charge < -0.3 is 15.0 Å². The molecule has 0 bridgehead atoms. The highest BCUT2D eigenvalue weighted by Gasteiger charge is 2.39. The highest BCUT2D eigenvalue weighted by molar-refractivity contribution is 6.06. The van der Waals surface area contributed by atoms with Crippen LogP contribution in [0.4, 0.5) is 10.1 Å². The Morgan fingerprint density at radius 2 is 2.09 bits per heavy atom. The van der Waals surface area contributed by atoms with Crippen molar-refractivity contribution in [1.82, 2.24) is 15.1 Å². The molecule has 5 rings (SSSR count). The maximum atomic E-state index is 15.2. The molecule has 8 nitrogen and oxygen atoms in total. The Morgan fingerprint density at radius 1 is 1.26 bits per heavy atom. The van der Waals surface area contributed by atoms with Crippen molar-refractivity contribution in [2.75, 3.05) is 31.6 Å². The van der Waals surface area contributed by atoms with Gasteiger partial charge in [-0.2, -0.15) is 0 Å². The zero-order chi connectivity index (χ0) is 30.8. The molecule has 2 fully saturated rings. The van der Waals surface area contributed by atoms with Gasteiger partial charge in [0, 0.05) is 67.0 Å². The van der Waals surface area contributed by atoms with E-state index in [1.165, 1.54) is 18.2 Å². The number of hydrogen-bond acceptors (Lipinski definition) is 6. The van der Waals surface area contributed by atoms with Crippen molar-refractivity contribution in [3.8, 4) is 0 Å². The minimum Gasteiger partial charge on any atom is -0.381 e. The Hall–Kier alpha value is -3.30. The van der Waals surface area contributed by atoms with E-state index in [1.807, 2.05) is 4.90 Å². The third-order valence-electron chi connectivity index (χ3n) is 5.81. The van der Waals surface area contributed by atoms with Crippen LogP contribution in [0.1, 0.15) is 50.8 Å². The molecule has 2 N–H and O–H groups in total. The van der Waals surface area contributed by atoms with Crippen LogP contribution in [0.25, 0.3) is 0 Å². The number of hydrogen-bond donors (Lipinski definition) is 2. The molecule has 1 unspecified atom stereocenters. The van der Waals surface area contributed by atoms with Gasteiger partial charge in [0.1, 0.15) is 11.8 Å². The number of amides is 3. The van der Waals surface area contributed by atoms with Crippen molar-refractivity contribution in [3.05, 3.63) is 64.4 Å². The second-order valence-corrected chi connectivity index (χ2v) is 7.99. The Balaban J connectivity index is 1.45. The molecular weight excluding hydrogens is 439 g/mol. The van der Waals surface area contributed by atoms with E-state index in [1.54, 1.807) is 5.32 Å². The SMILES string of the molecule is [2H]c1c([2H])c(CN2CCOCC2)c([2H])c(CNc2cccc3c2CN(C2([2H])C(=O)NC(=O)C([2H])([2H])C2([2H])[2H])C3=O)c1F. The highest BCUT2D eigenvalue weighted by atomic mass is 19.1. The van der Waals surface area contributed by atoms with Crippen LogP contribution in [0.5, 0.6) is 0 Å². The number of ether oxygens (including phenoxy) is 1. The van der Waals surface area contributed by atoms with Gasteiger partial charge in [0.2, 0.25) is 11.8 Å². The highest BCUT2D eigenvalue weighted by Crippen LogP contribution is 2.32. The summed E-state index contributed by atoms with van der Waals surface area (Å²) in [5.74, 6) is -5.03. The molecule has 9 heteroatoms. The molecule has 0 aliphatic carbocycles. The van der Waals surface area contributed by atoms with Gasteiger partial charge in [-0.15, -0.1) is 0 Å². The first-order chi connectivity index (χ1) is 19.6. The second kappa shape index (κ2) is 9.52. The first-order valence-corrected chi connectivity index (χ1v) is 10.7. The summed E-state index contributed by atoms with van der Waals surface area (Å²) < 4.78 is 86.5. The van der Waals surface area contributed by atoms with Gasteiger partial charge in [-0.05, 0) is 36.2 Å². The minimum absolute atomic E-state index is 0.0186. The molecule has 3 amide bonds. The summed E-state index contributed by atoms with van der Waals surface area (Å²) in [7, 11) is 0. The van der Waals surface area contributed by atoms with Gasteiger partial charge in [-0.1, -0.05) is 12.1 Å². The summed E-state index contributed by atoms with van der Waals surface area (Å²) in [4.78, 5) is 40.7. The molecule has 3 aliphatic heterocycles. The van der Waals surface area contributed by atoms with Crippen LogP contribution in [0.2, 0.25) is 0 Å². The lowest BCUT2D eigenvalue weighted by atomic mass is 10.0. The zero-order valence-corrected chi connectivity index (χ0v) is 18.1. The number of halogens is 1. The fraction of sp³-hybridized carbons (Fsp3) is 0.400. The molecular formula is C25H27FN4O4. The van der Waals surface area contributed by atoms with Crippen molar-refractivity contribution in [2.24, 2.45) is 0 Å². The van der Waals surface area contributed by atoms with E-state index in [0.717, 1.165) is 0 Å². The zero-order valence-electron chi connectivity index (χ0n) is 26.1. The largest absolute Gasteiger partial charge is 0.381 e. The third-order valence-corrected chi connectivity index (χ3v) is 5.81. The molecule has 34 heavy (non-hydrogen) atoms. The number of anilines is 1. The first kappa shape index (κ1) is 14.9.